The van der Waals surface area contributed by atoms with Gasteiger partial charge in [0.25, 0.3) is 0 Å². The number of benzene rings is 1. The molecular formula is C22H27N3O2. The van der Waals surface area contributed by atoms with Crippen LogP contribution in [0.1, 0.15) is 37.7 Å². The highest BCUT2D eigenvalue weighted by Crippen LogP contribution is 2.38. The SMILES string of the molecule is O=C(CCc1c[nH]c2ccccc12)N1CC2CC(C1)[C@H]1CCCC(=O)N1C2. The molecule has 27 heavy (non-hydrogen) atoms. The van der Waals surface area contributed by atoms with Crippen LogP contribution in [0.3, 0.4) is 0 Å². The summed E-state index contributed by atoms with van der Waals surface area (Å²) in [4.78, 5) is 32.7. The van der Waals surface area contributed by atoms with E-state index in [0.29, 0.717) is 36.6 Å². The number of amides is 2. The van der Waals surface area contributed by atoms with Crippen molar-refractivity contribution in [3.8, 4) is 0 Å². The van der Waals surface area contributed by atoms with E-state index in [1.165, 1.54) is 17.4 Å². The highest BCUT2D eigenvalue weighted by molar-refractivity contribution is 5.84. The second kappa shape index (κ2) is 6.70. The minimum Gasteiger partial charge on any atom is -0.361 e. The van der Waals surface area contributed by atoms with E-state index in [4.69, 9.17) is 0 Å². The Morgan fingerprint density at radius 3 is 3.00 bits per heavy atom. The summed E-state index contributed by atoms with van der Waals surface area (Å²) in [5, 5.41) is 1.22. The molecule has 0 saturated carbocycles. The number of fused-ring (bicyclic) bond motifs is 5. The number of likely N-dealkylation sites (tertiary alicyclic amines) is 1. The van der Waals surface area contributed by atoms with Gasteiger partial charge in [-0.25, -0.2) is 0 Å². The predicted octanol–water partition coefficient (Wildman–Crippen LogP) is 2.96. The summed E-state index contributed by atoms with van der Waals surface area (Å²) in [5.41, 5.74) is 2.36. The molecule has 3 saturated heterocycles. The molecular weight excluding hydrogens is 338 g/mol. The van der Waals surface area contributed by atoms with Crippen molar-refractivity contribution in [2.24, 2.45) is 11.8 Å². The maximum absolute atomic E-state index is 12.9. The van der Waals surface area contributed by atoms with Gasteiger partial charge in [-0.3, -0.25) is 9.59 Å². The summed E-state index contributed by atoms with van der Waals surface area (Å²) in [5.74, 6) is 1.53. The van der Waals surface area contributed by atoms with Crippen molar-refractivity contribution >= 4 is 22.7 Å². The molecule has 4 heterocycles. The molecule has 0 spiro atoms. The van der Waals surface area contributed by atoms with E-state index < -0.39 is 0 Å². The van der Waals surface area contributed by atoms with Crippen molar-refractivity contribution in [3.63, 3.8) is 0 Å². The Morgan fingerprint density at radius 1 is 1.19 bits per heavy atom. The van der Waals surface area contributed by atoms with E-state index in [-0.39, 0.29) is 5.91 Å². The Balaban J connectivity index is 1.24. The fraction of sp³-hybridized carbons (Fsp3) is 0.545. The summed E-state index contributed by atoms with van der Waals surface area (Å²) in [6.07, 6.45) is 7.39. The molecule has 1 N–H and O–H groups in total. The second-order valence-corrected chi connectivity index (χ2v) is 8.53. The predicted molar refractivity (Wildman–Crippen MR) is 104 cm³/mol. The Hall–Kier alpha value is -2.30. The number of carbonyl (C=O) groups excluding carboxylic acids is 2. The number of aromatic nitrogens is 1. The number of hydrogen-bond acceptors (Lipinski definition) is 2. The Bertz CT molecular complexity index is 873. The van der Waals surface area contributed by atoms with Crippen LogP contribution in [-0.4, -0.2) is 52.3 Å². The molecule has 0 aliphatic carbocycles. The van der Waals surface area contributed by atoms with Gasteiger partial charge in [-0.05, 0) is 49.1 Å². The lowest BCUT2D eigenvalue weighted by Crippen LogP contribution is -2.61. The van der Waals surface area contributed by atoms with Gasteiger partial charge in [-0.1, -0.05) is 18.2 Å². The zero-order chi connectivity index (χ0) is 18.4. The van der Waals surface area contributed by atoms with Crippen molar-refractivity contribution in [3.05, 3.63) is 36.0 Å². The van der Waals surface area contributed by atoms with E-state index in [1.54, 1.807) is 0 Å². The lowest BCUT2D eigenvalue weighted by atomic mass is 9.76. The first-order chi connectivity index (χ1) is 13.2. The fourth-order valence-corrected chi connectivity index (χ4v) is 5.55. The average molecular weight is 365 g/mol. The van der Waals surface area contributed by atoms with Crippen LogP contribution < -0.4 is 0 Å². The summed E-state index contributed by atoms with van der Waals surface area (Å²) in [6.45, 7) is 2.50. The largest absolute Gasteiger partial charge is 0.361 e. The first-order valence-corrected chi connectivity index (χ1v) is 10.3. The van der Waals surface area contributed by atoms with Crippen LogP contribution in [0.5, 0.6) is 0 Å². The second-order valence-electron chi connectivity index (χ2n) is 8.53. The van der Waals surface area contributed by atoms with Gasteiger partial charge in [0.15, 0.2) is 0 Å². The highest BCUT2D eigenvalue weighted by Gasteiger charge is 2.44. The van der Waals surface area contributed by atoms with E-state index in [9.17, 15) is 9.59 Å². The number of para-hydroxylation sites is 1. The molecule has 142 valence electrons. The normalized spacial score (nSPS) is 27.7. The lowest BCUT2D eigenvalue weighted by Gasteiger charge is -2.52. The third kappa shape index (κ3) is 3.03. The zero-order valence-electron chi connectivity index (χ0n) is 15.7. The lowest BCUT2D eigenvalue weighted by molar-refractivity contribution is -0.148. The van der Waals surface area contributed by atoms with Crippen LogP contribution in [0.15, 0.2) is 30.5 Å². The molecule has 1 aromatic carbocycles. The molecule has 2 aromatic rings. The maximum Gasteiger partial charge on any atom is 0.222 e. The number of hydrogen-bond donors (Lipinski definition) is 1. The average Bonchev–Trinajstić information content (AvgIpc) is 3.10. The Labute approximate surface area is 159 Å². The molecule has 5 heteroatoms. The van der Waals surface area contributed by atoms with Crippen molar-refractivity contribution in [1.29, 1.82) is 0 Å². The van der Waals surface area contributed by atoms with E-state index >= 15 is 0 Å². The number of H-pyrrole nitrogens is 1. The summed E-state index contributed by atoms with van der Waals surface area (Å²) < 4.78 is 0. The summed E-state index contributed by atoms with van der Waals surface area (Å²) in [6, 6.07) is 8.63. The van der Waals surface area contributed by atoms with Crippen molar-refractivity contribution in [2.45, 2.75) is 44.6 Å². The van der Waals surface area contributed by atoms with Crippen LogP contribution in [0.25, 0.3) is 10.9 Å². The van der Waals surface area contributed by atoms with Crippen LogP contribution >= 0.6 is 0 Å². The van der Waals surface area contributed by atoms with Gasteiger partial charge in [-0.15, -0.1) is 0 Å². The molecule has 2 bridgehead atoms. The number of carbonyl (C=O) groups is 2. The highest BCUT2D eigenvalue weighted by atomic mass is 16.2. The molecule has 0 radical (unpaired) electrons. The molecule has 3 fully saturated rings. The molecule has 2 amide bonds. The first kappa shape index (κ1) is 16.8. The van der Waals surface area contributed by atoms with Crippen LogP contribution in [-0.2, 0) is 16.0 Å². The third-order valence-corrected chi connectivity index (χ3v) is 6.82. The van der Waals surface area contributed by atoms with Gasteiger partial charge < -0.3 is 14.8 Å². The molecule has 3 atom stereocenters. The molecule has 1 aromatic heterocycles. The zero-order valence-corrected chi connectivity index (χ0v) is 15.7. The van der Waals surface area contributed by atoms with Gasteiger partial charge in [0.05, 0.1) is 0 Å². The van der Waals surface area contributed by atoms with Gasteiger partial charge in [0.2, 0.25) is 11.8 Å². The number of aryl methyl sites for hydroxylation is 1. The minimum atomic E-state index is 0.269. The van der Waals surface area contributed by atoms with Crippen molar-refractivity contribution in [2.75, 3.05) is 19.6 Å². The van der Waals surface area contributed by atoms with Gasteiger partial charge in [-0.2, -0.15) is 0 Å². The molecule has 2 unspecified atom stereocenters. The van der Waals surface area contributed by atoms with Crippen LogP contribution in [0, 0.1) is 11.8 Å². The Kier molecular flexibility index (Phi) is 4.18. The quantitative estimate of drug-likeness (QED) is 0.909. The van der Waals surface area contributed by atoms with E-state index in [1.807, 2.05) is 18.3 Å². The maximum atomic E-state index is 12.9. The molecule has 5 nitrogen and oxygen atoms in total. The van der Waals surface area contributed by atoms with Crippen LogP contribution in [0.2, 0.25) is 0 Å². The smallest absolute Gasteiger partial charge is 0.222 e. The molecule has 5 rings (SSSR count). The number of piperidine rings is 3. The number of nitrogens with one attached hydrogen (secondary N) is 1. The minimum absolute atomic E-state index is 0.269. The third-order valence-electron chi connectivity index (χ3n) is 6.82. The Morgan fingerprint density at radius 2 is 2.07 bits per heavy atom. The van der Waals surface area contributed by atoms with Gasteiger partial charge in [0.1, 0.15) is 0 Å². The summed E-state index contributed by atoms with van der Waals surface area (Å²) in [7, 11) is 0. The van der Waals surface area contributed by atoms with Crippen molar-refractivity contribution < 1.29 is 9.59 Å². The van der Waals surface area contributed by atoms with Crippen molar-refractivity contribution in [1.82, 2.24) is 14.8 Å². The van der Waals surface area contributed by atoms with Crippen LogP contribution in [0.4, 0.5) is 0 Å². The molecule has 3 aliphatic rings. The monoisotopic (exact) mass is 365 g/mol. The van der Waals surface area contributed by atoms with Gasteiger partial charge >= 0.3 is 0 Å². The number of rotatable bonds is 3. The standard InChI is InChI=1S/C22H27N3O2/c26-21(9-8-16-11-23-19-5-2-1-4-18(16)19)24-12-15-10-17(14-24)20-6-3-7-22(27)25(20)13-15/h1-2,4-5,11,15,17,20,23H,3,6-10,12-14H2/t15?,17?,20-/m1/s1. The topological polar surface area (TPSA) is 56.4 Å². The number of nitrogens with zero attached hydrogens (tertiary/aromatic N) is 2. The fourth-order valence-electron chi connectivity index (χ4n) is 5.55. The van der Waals surface area contributed by atoms with E-state index in [0.717, 1.165) is 44.4 Å². The van der Waals surface area contributed by atoms with Gasteiger partial charge in [0, 0.05) is 55.6 Å². The number of aromatic amines is 1. The molecule has 3 aliphatic heterocycles. The summed E-state index contributed by atoms with van der Waals surface area (Å²) >= 11 is 0. The first-order valence-electron chi connectivity index (χ1n) is 10.3. The van der Waals surface area contributed by atoms with E-state index in [2.05, 4.69) is 26.9 Å².